The van der Waals surface area contributed by atoms with E-state index in [0.29, 0.717) is 13.0 Å². The SMILES string of the molecule is O=C1CCCN1C1=NC=CNC1. The van der Waals surface area contributed by atoms with Crippen molar-refractivity contribution in [1.29, 1.82) is 0 Å². The van der Waals surface area contributed by atoms with Crippen molar-refractivity contribution in [2.75, 3.05) is 13.1 Å². The second kappa shape index (κ2) is 2.97. The van der Waals surface area contributed by atoms with E-state index in [9.17, 15) is 4.79 Å². The van der Waals surface area contributed by atoms with Gasteiger partial charge in [0.05, 0.1) is 6.54 Å². The van der Waals surface area contributed by atoms with Gasteiger partial charge in [-0.05, 0) is 6.42 Å². The molecule has 0 unspecified atom stereocenters. The van der Waals surface area contributed by atoms with Crippen LogP contribution in [0.15, 0.2) is 17.4 Å². The highest BCUT2D eigenvalue weighted by molar-refractivity contribution is 6.00. The van der Waals surface area contributed by atoms with Gasteiger partial charge >= 0.3 is 0 Å². The first-order valence-corrected chi connectivity index (χ1v) is 4.13. The highest BCUT2D eigenvalue weighted by Gasteiger charge is 2.24. The number of hydrogen-bond acceptors (Lipinski definition) is 3. The molecule has 64 valence electrons. The van der Waals surface area contributed by atoms with Gasteiger partial charge < -0.3 is 5.32 Å². The van der Waals surface area contributed by atoms with Gasteiger partial charge in [-0.2, -0.15) is 0 Å². The Morgan fingerprint density at radius 2 is 2.50 bits per heavy atom. The molecule has 0 aromatic heterocycles. The second-order valence-corrected chi connectivity index (χ2v) is 2.89. The molecule has 1 fully saturated rings. The molecule has 1 saturated heterocycles. The van der Waals surface area contributed by atoms with Gasteiger partial charge in [0.25, 0.3) is 0 Å². The number of hydrogen-bond donors (Lipinski definition) is 1. The van der Waals surface area contributed by atoms with Crippen molar-refractivity contribution in [2.45, 2.75) is 12.8 Å². The van der Waals surface area contributed by atoms with Gasteiger partial charge in [0.1, 0.15) is 5.84 Å². The van der Waals surface area contributed by atoms with E-state index >= 15 is 0 Å². The number of amides is 1. The van der Waals surface area contributed by atoms with E-state index in [0.717, 1.165) is 18.8 Å². The number of aliphatic imine (C=N–C) groups is 1. The Kier molecular flexibility index (Phi) is 1.81. The molecule has 2 aliphatic rings. The van der Waals surface area contributed by atoms with Crippen LogP contribution in [0.4, 0.5) is 0 Å². The molecule has 2 rings (SSSR count). The number of nitrogens with one attached hydrogen (secondary N) is 1. The Labute approximate surface area is 71.0 Å². The van der Waals surface area contributed by atoms with Crippen molar-refractivity contribution in [1.82, 2.24) is 10.2 Å². The molecule has 1 N–H and O–H groups in total. The van der Waals surface area contributed by atoms with E-state index in [1.54, 1.807) is 17.3 Å². The lowest BCUT2D eigenvalue weighted by Gasteiger charge is -2.19. The molecule has 0 bridgehead atoms. The summed E-state index contributed by atoms with van der Waals surface area (Å²) in [6.07, 6.45) is 5.10. The predicted octanol–water partition coefficient (Wildman–Crippen LogP) is 0.0817. The van der Waals surface area contributed by atoms with Crippen LogP contribution in [0.2, 0.25) is 0 Å². The Bertz CT molecular complexity index is 257. The summed E-state index contributed by atoms with van der Waals surface area (Å²) in [6.45, 7) is 1.50. The van der Waals surface area contributed by atoms with Gasteiger partial charge in [0, 0.05) is 25.4 Å². The molecule has 12 heavy (non-hydrogen) atoms. The van der Waals surface area contributed by atoms with E-state index in [4.69, 9.17) is 0 Å². The second-order valence-electron chi connectivity index (χ2n) is 2.89. The van der Waals surface area contributed by atoms with E-state index in [1.165, 1.54) is 0 Å². The first-order valence-electron chi connectivity index (χ1n) is 4.13. The van der Waals surface area contributed by atoms with Crippen LogP contribution in [0.1, 0.15) is 12.8 Å². The van der Waals surface area contributed by atoms with E-state index in [-0.39, 0.29) is 5.91 Å². The average Bonchev–Trinajstić information content (AvgIpc) is 2.53. The molecule has 4 nitrogen and oxygen atoms in total. The predicted molar refractivity (Wildman–Crippen MR) is 45.5 cm³/mol. The zero-order chi connectivity index (χ0) is 8.39. The first-order chi connectivity index (χ1) is 5.88. The third-order valence-corrected chi connectivity index (χ3v) is 2.06. The Balaban J connectivity index is 2.12. The van der Waals surface area contributed by atoms with Gasteiger partial charge in [0.15, 0.2) is 0 Å². The molecule has 0 radical (unpaired) electrons. The number of carbonyl (C=O) groups excluding carboxylic acids is 1. The number of likely N-dealkylation sites (tertiary alicyclic amines) is 1. The van der Waals surface area contributed by atoms with E-state index < -0.39 is 0 Å². The minimum absolute atomic E-state index is 0.200. The van der Waals surface area contributed by atoms with Gasteiger partial charge in [-0.15, -0.1) is 0 Å². The van der Waals surface area contributed by atoms with Crippen LogP contribution in [-0.4, -0.2) is 29.7 Å². The molecular weight excluding hydrogens is 154 g/mol. The van der Waals surface area contributed by atoms with Crippen LogP contribution in [0.3, 0.4) is 0 Å². The highest BCUT2D eigenvalue weighted by Crippen LogP contribution is 2.10. The van der Waals surface area contributed by atoms with Gasteiger partial charge in [0.2, 0.25) is 5.91 Å². The van der Waals surface area contributed by atoms with Crippen molar-refractivity contribution in [3.05, 3.63) is 12.4 Å². The van der Waals surface area contributed by atoms with Crippen LogP contribution in [0, 0.1) is 0 Å². The molecule has 4 heteroatoms. The van der Waals surface area contributed by atoms with Crippen molar-refractivity contribution in [2.24, 2.45) is 4.99 Å². The summed E-state index contributed by atoms with van der Waals surface area (Å²) in [5.41, 5.74) is 0. The summed E-state index contributed by atoms with van der Waals surface area (Å²) in [7, 11) is 0. The zero-order valence-electron chi connectivity index (χ0n) is 6.79. The lowest BCUT2D eigenvalue weighted by Crippen LogP contribution is -2.38. The summed E-state index contributed by atoms with van der Waals surface area (Å²) in [6, 6.07) is 0. The van der Waals surface area contributed by atoms with Crippen molar-refractivity contribution >= 4 is 11.7 Å². The Morgan fingerprint density at radius 1 is 1.58 bits per heavy atom. The highest BCUT2D eigenvalue weighted by atomic mass is 16.2. The number of rotatable bonds is 0. The Morgan fingerprint density at radius 3 is 3.08 bits per heavy atom. The summed E-state index contributed by atoms with van der Waals surface area (Å²) < 4.78 is 0. The molecule has 2 heterocycles. The van der Waals surface area contributed by atoms with Crippen LogP contribution in [-0.2, 0) is 4.79 Å². The fourth-order valence-electron chi connectivity index (χ4n) is 1.46. The minimum atomic E-state index is 0.200. The molecule has 0 saturated carbocycles. The topological polar surface area (TPSA) is 44.7 Å². The number of nitrogens with zero attached hydrogens (tertiary/aromatic N) is 2. The first kappa shape index (κ1) is 7.34. The molecule has 0 aliphatic carbocycles. The monoisotopic (exact) mass is 165 g/mol. The maximum Gasteiger partial charge on any atom is 0.228 e. The normalized spacial score (nSPS) is 22.5. The molecule has 1 amide bonds. The van der Waals surface area contributed by atoms with Gasteiger partial charge in [-0.25, -0.2) is 4.99 Å². The largest absolute Gasteiger partial charge is 0.382 e. The maximum absolute atomic E-state index is 11.3. The van der Waals surface area contributed by atoms with Crippen LogP contribution < -0.4 is 5.32 Å². The van der Waals surface area contributed by atoms with Gasteiger partial charge in [-0.1, -0.05) is 0 Å². The molecular formula is C8H11N3O. The number of carbonyl (C=O) groups is 1. The summed E-state index contributed by atoms with van der Waals surface area (Å²) in [5.74, 6) is 1.05. The van der Waals surface area contributed by atoms with Crippen molar-refractivity contribution < 1.29 is 4.79 Å². The zero-order valence-corrected chi connectivity index (χ0v) is 6.79. The summed E-state index contributed by atoms with van der Waals surface area (Å²) in [5, 5.41) is 3.03. The average molecular weight is 165 g/mol. The minimum Gasteiger partial charge on any atom is -0.382 e. The fourth-order valence-corrected chi connectivity index (χ4v) is 1.46. The van der Waals surface area contributed by atoms with Crippen LogP contribution >= 0.6 is 0 Å². The van der Waals surface area contributed by atoms with Gasteiger partial charge in [-0.3, -0.25) is 9.69 Å². The van der Waals surface area contributed by atoms with E-state index in [1.807, 2.05) is 0 Å². The smallest absolute Gasteiger partial charge is 0.228 e. The fraction of sp³-hybridized carbons (Fsp3) is 0.500. The van der Waals surface area contributed by atoms with Crippen LogP contribution in [0.5, 0.6) is 0 Å². The summed E-state index contributed by atoms with van der Waals surface area (Å²) >= 11 is 0. The maximum atomic E-state index is 11.3. The van der Waals surface area contributed by atoms with Crippen molar-refractivity contribution in [3.63, 3.8) is 0 Å². The summed E-state index contributed by atoms with van der Waals surface area (Å²) in [4.78, 5) is 17.2. The lowest BCUT2D eigenvalue weighted by molar-refractivity contribution is -0.124. The Hall–Kier alpha value is -1.32. The third-order valence-electron chi connectivity index (χ3n) is 2.06. The quantitative estimate of drug-likeness (QED) is 0.552. The molecule has 0 spiro atoms. The van der Waals surface area contributed by atoms with Crippen molar-refractivity contribution in [3.8, 4) is 0 Å². The standard InChI is InChI=1S/C8H11N3O/c12-8-2-1-5-11(8)7-6-9-3-4-10-7/h3-4,9H,1-2,5-6H2. The lowest BCUT2D eigenvalue weighted by atomic mass is 10.4. The van der Waals surface area contributed by atoms with Crippen LogP contribution in [0.25, 0.3) is 0 Å². The molecule has 0 aromatic carbocycles. The third kappa shape index (κ3) is 1.20. The molecule has 2 aliphatic heterocycles. The molecule has 0 atom stereocenters. The number of amidine groups is 1. The molecule has 0 aromatic rings. The van der Waals surface area contributed by atoms with E-state index in [2.05, 4.69) is 10.3 Å².